The van der Waals surface area contributed by atoms with Crippen molar-refractivity contribution in [1.82, 2.24) is 10.2 Å². The molecule has 1 saturated heterocycles. The van der Waals surface area contributed by atoms with Crippen LogP contribution in [-0.4, -0.2) is 41.7 Å². The van der Waals surface area contributed by atoms with Crippen molar-refractivity contribution < 1.29 is 9.90 Å². The van der Waals surface area contributed by atoms with Crippen LogP contribution in [0, 0.1) is 0 Å². The van der Waals surface area contributed by atoms with Crippen molar-refractivity contribution >= 4 is 17.6 Å². The van der Waals surface area contributed by atoms with Crippen molar-refractivity contribution in [3.63, 3.8) is 0 Å². The quantitative estimate of drug-likeness (QED) is 0.848. The molecule has 0 aliphatic carbocycles. The molecule has 1 heterocycles. The third-order valence-corrected chi connectivity index (χ3v) is 4.45. The maximum Gasteiger partial charge on any atom is 0.320 e. The molecule has 2 rings (SSSR count). The van der Waals surface area contributed by atoms with Gasteiger partial charge < -0.3 is 10.4 Å². The fraction of sp³-hybridized carbons (Fsp3) is 0.562. The van der Waals surface area contributed by atoms with E-state index in [9.17, 15) is 9.90 Å². The molecule has 2 atom stereocenters. The second-order valence-electron chi connectivity index (χ2n) is 5.66. The number of hydrogen-bond donors (Lipinski definition) is 2. The van der Waals surface area contributed by atoms with Gasteiger partial charge in [-0.25, -0.2) is 0 Å². The summed E-state index contributed by atoms with van der Waals surface area (Å²) in [5, 5.41) is 12.9. The highest BCUT2D eigenvalue weighted by Crippen LogP contribution is 2.23. The maximum atomic E-state index is 11.2. The number of halogens is 1. The van der Waals surface area contributed by atoms with Crippen molar-refractivity contribution in [2.75, 3.05) is 13.6 Å². The van der Waals surface area contributed by atoms with Crippen LogP contribution in [0.25, 0.3) is 0 Å². The number of carboxylic acids is 1. The number of likely N-dealkylation sites (N-methyl/N-ethyl adjacent to an activating group) is 1. The van der Waals surface area contributed by atoms with E-state index in [2.05, 4.69) is 10.2 Å². The average molecular weight is 311 g/mol. The molecule has 1 aliphatic heterocycles. The second-order valence-corrected chi connectivity index (χ2v) is 6.10. The predicted molar refractivity (Wildman–Crippen MR) is 84.6 cm³/mol. The van der Waals surface area contributed by atoms with Gasteiger partial charge >= 0.3 is 5.97 Å². The normalized spacial score (nSPS) is 21.1. The molecule has 1 aromatic rings. The van der Waals surface area contributed by atoms with Crippen LogP contribution in [0.1, 0.15) is 31.2 Å². The Bertz CT molecular complexity index is 464. The average Bonchev–Trinajstić information content (AvgIpc) is 2.48. The standard InChI is InChI=1S/C16H23ClN2O2/c1-18-15(16(20)21)10-14-4-2-3-9-19(14)11-12-5-7-13(17)8-6-12/h5-8,14-15,18H,2-4,9-11H2,1H3,(H,20,21). The fourth-order valence-corrected chi connectivity index (χ4v) is 3.10. The lowest BCUT2D eigenvalue weighted by molar-refractivity contribution is -0.140. The van der Waals surface area contributed by atoms with Gasteiger partial charge in [0.2, 0.25) is 0 Å². The van der Waals surface area contributed by atoms with Crippen molar-refractivity contribution in [3.05, 3.63) is 34.9 Å². The number of piperidine rings is 1. The zero-order valence-corrected chi connectivity index (χ0v) is 13.1. The minimum atomic E-state index is -0.769. The molecule has 1 aromatic carbocycles. The van der Waals surface area contributed by atoms with Gasteiger partial charge in [0, 0.05) is 17.6 Å². The lowest BCUT2D eigenvalue weighted by Gasteiger charge is -2.37. The predicted octanol–water partition coefficient (Wildman–Crippen LogP) is 2.76. The summed E-state index contributed by atoms with van der Waals surface area (Å²) < 4.78 is 0. The van der Waals surface area contributed by atoms with E-state index in [0.717, 1.165) is 24.5 Å². The number of hydrogen-bond acceptors (Lipinski definition) is 3. The Labute approximate surface area is 131 Å². The first-order valence-corrected chi connectivity index (χ1v) is 7.86. The minimum absolute atomic E-state index is 0.322. The smallest absolute Gasteiger partial charge is 0.320 e. The van der Waals surface area contributed by atoms with E-state index in [-0.39, 0.29) is 0 Å². The molecular formula is C16H23ClN2O2. The molecule has 0 radical (unpaired) electrons. The van der Waals surface area contributed by atoms with E-state index in [4.69, 9.17) is 11.6 Å². The van der Waals surface area contributed by atoms with Gasteiger partial charge in [0.1, 0.15) is 6.04 Å². The van der Waals surface area contributed by atoms with Crippen LogP contribution >= 0.6 is 11.6 Å². The molecule has 2 unspecified atom stereocenters. The number of nitrogens with one attached hydrogen (secondary N) is 1. The molecule has 2 N–H and O–H groups in total. The molecule has 0 aromatic heterocycles. The van der Waals surface area contributed by atoms with Gasteiger partial charge in [0.15, 0.2) is 0 Å². The lowest BCUT2D eigenvalue weighted by Crippen LogP contribution is -2.45. The van der Waals surface area contributed by atoms with E-state index in [1.54, 1.807) is 7.05 Å². The molecule has 5 heteroatoms. The van der Waals surface area contributed by atoms with Gasteiger partial charge in [-0.2, -0.15) is 0 Å². The molecule has 0 spiro atoms. The molecule has 21 heavy (non-hydrogen) atoms. The minimum Gasteiger partial charge on any atom is -0.480 e. The largest absolute Gasteiger partial charge is 0.480 e. The first-order chi connectivity index (χ1) is 10.1. The van der Waals surface area contributed by atoms with Crippen molar-refractivity contribution in [1.29, 1.82) is 0 Å². The first-order valence-electron chi connectivity index (χ1n) is 7.48. The van der Waals surface area contributed by atoms with E-state index in [1.165, 1.54) is 18.4 Å². The van der Waals surface area contributed by atoms with Crippen LogP contribution in [0.15, 0.2) is 24.3 Å². The van der Waals surface area contributed by atoms with Crippen LogP contribution < -0.4 is 5.32 Å². The van der Waals surface area contributed by atoms with Gasteiger partial charge in [0.25, 0.3) is 0 Å². The van der Waals surface area contributed by atoms with Gasteiger partial charge in [0.05, 0.1) is 0 Å². The maximum absolute atomic E-state index is 11.2. The van der Waals surface area contributed by atoms with E-state index in [0.29, 0.717) is 12.5 Å². The molecule has 0 amide bonds. The van der Waals surface area contributed by atoms with Gasteiger partial charge in [-0.3, -0.25) is 9.69 Å². The summed E-state index contributed by atoms with van der Waals surface area (Å²) in [4.78, 5) is 13.6. The van der Waals surface area contributed by atoms with Crippen molar-refractivity contribution in [2.24, 2.45) is 0 Å². The monoisotopic (exact) mass is 310 g/mol. The SMILES string of the molecule is CNC(CC1CCCCN1Cc1ccc(Cl)cc1)C(=O)O. The van der Waals surface area contributed by atoms with Gasteiger partial charge in [-0.15, -0.1) is 0 Å². The Morgan fingerprint density at radius 2 is 2.14 bits per heavy atom. The number of aliphatic carboxylic acids is 1. The first kappa shape index (κ1) is 16.3. The Morgan fingerprint density at radius 1 is 1.43 bits per heavy atom. The summed E-state index contributed by atoms with van der Waals surface area (Å²) in [5.74, 6) is -0.769. The highest BCUT2D eigenvalue weighted by Gasteiger charge is 2.27. The topological polar surface area (TPSA) is 52.6 Å². The second kappa shape index (κ2) is 7.78. The zero-order chi connectivity index (χ0) is 15.2. The Hall–Kier alpha value is -1.10. The van der Waals surface area contributed by atoms with E-state index in [1.807, 2.05) is 24.3 Å². The van der Waals surface area contributed by atoms with Gasteiger partial charge in [-0.05, 0) is 50.6 Å². The number of nitrogens with zero attached hydrogens (tertiary/aromatic N) is 1. The summed E-state index contributed by atoms with van der Waals surface area (Å²) >= 11 is 5.92. The number of likely N-dealkylation sites (tertiary alicyclic amines) is 1. The molecule has 0 saturated carbocycles. The number of benzene rings is 1. The van der Waals surface area contributed by atoms with Crippen molar-refractivity contribution in [3.8, 4) is 0 Å². The molecule has 116 valence electrons. The molecule has 4 nitrogen and oxygen atoms in total. The Morgan fingerprint density at radius 3 is 2.76 bits per heavy atom. The molecule has 0 bridgehead atoms. The molecule has 1 aliphatic rings. The summed E-state index contributed by atoms with van der Waals surface area (Å²) in [6.45, 7) is 1.89. The van der Waals surface area contributed by atoms with Crippen LogP contribution in [-0.2, 0) is 11.3 Å². The third kappa shape index (κ3) is 4.70. The van der Waals surface area contributed by atoms with Crippen LogP contribution in [0.4, 0.5) is 0 Å². The van der Waals surface area contributed by atoms with Crippen LogP contribution in [0.5, 0.6) is 0 Å². The summed E-state index contributed by atoms with van der Waals surface area (Å²) in [6.07, 6.45) is 4.08. The Kier molecular flexibility index (Phi) is 6.03. The summed E-state index contributed by atoms with van der Waals surface area (Å²) in [5.41, 5.74) is 1.22. The summed E-state index contributed by atoms with van der Waals surface area (Å²) in [6, 6.07) is 7.75. The fourth-order valence-electron chi connectivity index (χ4n) is 2.97. The van der Waals surface area contributed by atoms with Crippen LogP contribution in [0.2, 0.25) is 5.02 Å². The number of carboxylic acid groups (broad SMARTS) is 1. The highest BCUT2D eigenvalue weighted by molar-refractivity contribution is 6.30. The summed E-state index contributed by atoms with van der Waals surface area (Å²) in [7, 11) is 1.71. The number of rotatable bonds is 6. The lowest BCUT2D eigenvalue weighted by atomic mass is 9.95. The number of carbonyl (C=O) groups is 1. The third-order valence-electron chi connectivity index (χ3n) is 4.20. The zero-order valence-electron chi connectivity index (χ0n) is 12.4. The van der Waals surface area contributed by atoms with E-state index >= 15 is 0 Å². The van der Waals surface area contributed by atoms with E-state index < -0.39 is 12.0 Å². The Balaban J connectivity index is 2.01. The van der Waals surface area contributed by atoms with Crippen LogP contribution in [0.3, 0.4) is 0 Å². The highest BCUT2D eigenvalue weighted by atomic mass is 35.5. The van der Waals surface area contributed by atoms with Gasteiger partial charge in [-0.1, -0.05) is 30.2 Å². The molecule has 1 fully saturated rings. The van der Waals surface area contributed by atoms with Crippen molar-refractivity contribution in [2.45, 2.75) is 44.3 Å². The molecular weight excluding hydrogens is 288 g/mol.